The van der Waals surface area contributed by atoms with E-state index >= 15 is 0 Å². The zero-order valence-electron chi connectivity index (χ0n) is 14.1. The molecule has 0 aliphatic carbocycles. The maximum Gasteiger partial charge on any atom is 0.417 e. The number of halogens is 4. The minimum absolute atomic E-state index is 0.0164. The molecule has 2 heterocycles. The number of carbonyl (C=O) groups is 1. The zero-order chi connectivity index (χ0) is 19.1. The van der Waals surface area contributed by atoms with Crippen LogP contribution in [0, 0.1) is 0 Å². The summed E-state index contributed by atoms with van der Waals surface area (Å²) in [6.07, 6.45) is -4.19. The highest BCUT2D eigenvalue weighted by Crippen LogP contribution is 2.45. The molecule has 1 aliphatic rings. The van der Waals surface area contributed by atoms with Crippen molar-refractivity contribution in [2.75, 3.05) is 20.3 Å². The molecule has 9 heteroatoms. The lowest BCUT2D eigenvalue weighted by Gasteiger charge is -2.36. The molecule has 1 aromatic carbocycles. The van der Waals surface area contributed by atoms with E-state index in [4.69, 9.17) is 25.8 Å². The molecule has 2 aromatic rings. The third-order valence-corrected chi connectivity index (χ3v) is 4.64. The summed E-state index contributed by atoms with van der Waals surface area (Å²) < 4.78 is 56.7. The Hall–Kier alpha value is -1.77. The Morgan fingerprint density at radius 2 is 2.15 bits per heavy atom. The van der Waals surface area contributed by atoms with Gasteiger partial charge >= 0.3 is 12.1 Å². The normalized spacial score (nSPS) is 20.2. The van der Waals surface area contributed by atoms with Gasteiger partial charge in [-0.1, -0.05) is 11.6 Å². The van der Waals surface area contributed by atoms with Crippen molar-refractivity contribution in [3.8, 4) is 0 Å². The number of hydrogen-bond acceptors (Lipinski definition) is 4. The minimum atomic E-state index is -4.55. The molecule has 1 aliphatic heterocycles. The van der Waals surface area contributed by atoms with E-state index in [0.717, 1.165) is 6.07 Å². The van der Waals surface area contributed by atoms with Crippen LogP contribution in [0.15, 0.2) is 12.1 Å². The second-order valence-corrected chi connectivity index (χ2v) is 6.42. The topological polar surface area (TPSA) is 60.6 Å². The lowest BCUT2D eigenvalue weighted by molar-refractivity contribution is -0.251. The van der Waals surface area contributed by atoms with Gasteiger partial charge in [-0.2, -0.15) is 13.2 Å². The van der Waals surface area contributed by atoms with Gasteiger partial charge in [-0.3, -0.25) is 4.79 Å². The van der Waals surface area contributed by atoms with Crippen LogP contribution >= 0.6 is 11.6 Å². The number of aromatic amines is 1. The molecule has 3 rings (SSSR count). The van der Waals surface area contributed by atoms with E-state index in [0.29, 0.717) is 5.56 Å². The largest absolute Gasteiger partial charge is 0.427 e. The average Bonchev–Trinajstić information content (AvgIpc) is 2.94. The van der Waals surface area contributed by atoms with E-state index in [-0.39, 0.29) is 47.7 Å². The first-order valence-corrected chi connectivity index (χ1v) is 8.30. The van der Waals surface area contributed by atoms with Crippen LogP contribution in [0.4, 0.5) is 13.2 Å². The average molecular weight is 392 g/mol. The summed E-state index contributed by atoms with van der Waals surface area (Å²) in [6, 6.07) is 2.15. The van der Waals surface area contributed by atoms with Gasteiger partial charge in [-0.15, -0.1) is 0 Å². The fourth-order valence-corrected chi connectivity index (χ4v) is 3.54. The van der Waals surface area contributed by atoms with Gasteiger partial charge in [0.25, 0.3) is 5.79 Å². The SMILES string of the molecule is COCCC1(OC(C)=O)OCCc2c1[nH]c1c(Cl)ccc(C(F)(F)F)c21. The second-order valence-electron chi connectivity index (χ2n) is 6.01. The zero-order valence-corrected chi connectivity index (χ0v) is 14.9. The second kappa shape index (κ2) is 6.75. The van der Waals surface area contributed by atoms with Crippen LogP contribution < -0.4 is 0 Å². The molecule has 1 atom stereocenters. The van der Waals surface area contributed by atoms with E-state index in [1.165, 1.54) is 20.1 Å². The molecule has 0 radical (unpaired) electrons. The molecule has 1 N–H and O–H groups in total. The van der Waals surface area contributed by atoms with Gasteiger partial charge in [-0.05, 0) is 24.1 Å². The molecule has 0 spiro atoms. The number of benzene rings is 1. The number of fused-ring (bicyclic) bond motifs is 3. The highest BCUT2D eigenvalue weighted by Gasteiger charge is 2.45. The highest BCUT2D eigenvalue weighted by atomic mass is 35.5. The molecule has 26 heavy (non-hydrogen) atoms. The quantitative estimate of drug-likeness (QED) is 0.795. The number of nitrogens with one attached hydrogen (secondary N) is 1. The van der Waals surface area contributed by atoms with Gasteiger partial charge in [-0.25, -0.2) is 0 Å². The molecular weight excluding hydrogens is 375 g/mol. The summed E-state index contributed by atoms with van der Waals surface area (Å²) in [6.45, 7) is 1.49. The lowest BCUT2D eigenvalue weighted by atomic mass is 9.95. The maximum atomic E-state index is 13.5. The molecule has 0 amide bonds. The van der Waals surface area contributed by atoms with Crippen LogP contribution in [0.1, 0.15) is 30.2 Å². The molecule has 1 aromatic heterocycles. The van der Waals surface area contributed by atoms with Gasteiger partial charge in [0.2, 0.25) is 0 Å². The van der Waals surface area contributed by atoms with Gasteiger partial charge in [0, 0.05) is 25.8 Å². The van der Waals surface area contributed by atoms with Gasteiger partial charge < -0.3 is 19.2 Å². The standard InChI is InChI=1S/C17H17ClF3NO4/c1-9(23)26-16(6-8-24-2)15-10(5-7-25-16)13-11(17(19,20)21)3-4-12(18)14(13)22-15/h3-4,22H,5-8H2,1-2H3. The van der Waals surface area contributed by atoms with Crippen LogP contribution in [-0.4, -0.2) is 31.3 Å². The number of aromatic nitrogens is 1. The maximum absolute atomic E-state index is 13.5. The van der Waals surface area contributed by atoms with Crippen LogP contribution in [-0.2, 0) is 37.4 Å². The molecule has 0 bridgehead atoms. The molecular formula is C17H17ClF3NO4. The molecule has 1 unspecified atom stereocenters. The lowest BCUT2D eigenvalue weighted by Crippen LogP contribution is -2.40. The summed E-state index contributed by atoms with van der Waals surface area (Å²) in [5.74, 6) is -2.16. The fraction of sp³-hybridized carbons (Fsp3) is 0.471. The summed E-state index contributed by atoms with van der Waals surface area (Å²) in [7, 11) is 1.47. The smallest absolute Gasteiger partial charge is 0.417 e. The van der Waals surface area contributed by atoms with Crippen LogP contribution in [0.3, 0.4) is 0 Å². The van der Waals surface area contributed by atoms with Crippen LogP contribution in [0.2, 0.25) is 5.02 Å². The van der Waals surface area contributed by atoms with Gasteiger partial charge in [0.1, 0.15) is 0 Å². The minimum Gasteiger partial charge on any atom is -0.427 e. The number of alkyl halides is 3. The monoisotopic (exact) mass is 391 g/mol. The predicted octanol–water partition coefficient (Wildman–Crippen LogP) is 4.17. The molecule has 142 valence electrons. The van der Waals surface area contributed by atoms with Crippen molar-refractivity contribution in [1.82, 2.24) is 4.98 Å². The third-order valence-electron chi connectivity index (χ3n) is 4.33. The summed E-state index contributed by atoms with van der Waals surface area (Å²) >= 11 is 6.13. The Kier molecular flexibility index (Phi) is 4.94. The molecule has 0 saturated carbocycles. The van der Waals surface area contributed by atoms with E-state index in [1.807, 2.05) is 0 Å². The third kappa shape index (κ3) is 3.17. The number of esters is 1. The van der Waals surface area contributed by atoms with Crippen molar-refractivity contribution < 1.29 is 32.2 Å². The first-order chi connectivity index (χ1) is 12.2. The van der Waals surface area contributed by atoms with Crippen molar-refractivity contribution in [2.45, 2.75) is 31.7 Å². The van der Waals surface area contributed by atoms with Crippen molar-refractivity contribution in [3.05, 3.63) is 34.0 Å². The number of hydrogen-bond donors (Lipinski definition) is 1. The number of H-pyrrole nitrogens is 1. The molecule has 0 fully saturated rings. The number of ether oxygens (including phenoxy) is 3. The Labute approximate surface area is 152 Å². The predicted molar refractivity (Wildman–Crippen MR) is 87.9 cm³/mol. The Morgan fingerprint density at radius 3 is 2.77 bits per heavy atom. The summed E-state index contributed by atoms with van der Waals surface area (Å²) in [5.41, 5.74) is 0.00808. The number of carbonyl (C=O) groups excluding carboxylic acids is 1. The summed E-state index contributed by atoms with van der Waals surface area (Å²) in [5, 5.41) is 0.128. The van der Waals surface area contributed by atoms with Crippen molar-refractivity contribution in [3.63, 3.8) is 0 Å². The van der Waals surface area contributed by atoms with Gasteiger partial charge in [0.05, 0.1) is 35.0 Å². The van der Waals surface area contributed by atoms with E-state index in [1.54, 1.807) is 0 Å². The fourth-order valence-electron chi connectivity index (χ4n) is 3.34. The molecule has 5 nitrogen and oxygen atoms in total. The van der Waals surface area contributed by atoms with E-state index < -0.39 is 23.5 Å². The van der Waals surface area contributed by atoms with Crippen molar-refractivity contribution in [1.29, 1.82) is 0 Å². The molecule has 0 saturated heterocycles. The first-order valence-electron chi connectivity index (χ1n) is 7.93. The van der Waals surface area contributed by atoms with Crippen molar-refractivity contribution >= 4 is 28.5 Å². The number of methoxy groups -OCH3 is 1. The number of rotatable bonds is 4. The van der Waals surface area contributed by atoms with E-state index in [9.17, 15) is 18.0 Å². The summed E-state index contributed by atoms with van der Waals surface area (Å²) in [4.78, 5) is 14.5. The highest BCUT2D eigenvalue weighted by molar-refractivity contribution is 6.35. The van der Waals surface area contributed by atoms with E-state index in [2.05, 4.69) is 4.98 Å². The van der Waals surface area contributed by atoms with Crippen molar-refractivity contribution in [2.24, 2.45) is 0 Å². The first kappa shape index (κ1) is 19.0. The van der Waals surface area contributed by atoms with Crippen LogP contribution in [0.25, 0.3) is 10.9 Å². The van der Waals surface area contributed by atoms with Crippen LogP contribution in [0.5, 0.6) is 0 Å². The Morgan fingerprint density at radius 1 is 1.42 bits per heavy atom. The van der Waals surface area contributed by atoms with Gasteiger partial charge in [0.15, 0.2) is 0 Å². The Bertz CT molecular complexity index is 849. The Balaban J connectivity index is 2.29.